The maximum absolute atomic E-state index is 13.8. The van der Waals surface area contributed by atoms with Crippen molar-refractivity contribution in [3.63, 3.8) is 0 Å². The Bertz CT molecular complexity index is 961. The highest BCUT2D eigenvalue weighted by Crippen LogP contribution is 2.60. The van der Waals surface area contributed by atoms with Crippen LogP contribution in [-0.2, 0) is 23.9 Å². The van der Waals surface area contributed by atoms with E-state index >= 15 is 0 Å². The smallest absolute Gasteiger partial charge is 0.312 e. The van der Waals surface area contributed by atoms with E-state index in [9.17, 15) is 19.5 Å². The number of esters is 1. The molecule has 33 heavy (non-hydrogen) atoms. The molecule has 2 bridgehead atoms. The number of halogens is 2. The summed E-state index contributed by atoms with van der Waals surface area (Å²) < 4.78 is 11.6. The molecule has 0 aliphatic carbocycles. The van der Waals surface area contributed by atoms with Gasteiger partial charge in [0, 0.05) is 4.83 Å². The van der Waals surface area contributed by atoms with Crippen molar-refractivity contribution in [1.82, 2.24) is 4.90 Å². The normalized spacial score (nSPS) is 33.4. The molecule has 3 unspecified atom stereocenters. The highest BCUT2D eigenvalue weighted by Gasteiger charge is 2.77. The van der Waals surface area contributed by atoms with Crippen LogP contribution in [0.2, 0.25) is 5.02 Å². The van der Waals surface area contributed by atoms with Crippen molar-refractivity contribution in [3.05, 3.63) is 29.3 Å². The summed E-state index contributed by atoms with van der Waals surface area (Å²) >= 11 is 9.86. The molecule has 0 saturated carbocycles. The van der Waals surface area contributed by atoms with Gasteiger partial charge in [-0.1, -0.05) is 53.5 Å². The molecular weight excluding hydrogens is 516 g/mol. The van der Waals surface area contributed by atoms with Crippen LogP contribution in [0.4, 0.5) is 5.69 Å². The fraction of sp³-hybridized carbons (Fsp3) is 0.609. The predicted octanol–water partition coefficient (Wildman–Crippen LogP) is 2.61. The molecule has 1 aromatic carbocycles. The molecule has 4 rings (SSSR count). The van der Waals surface area contributed by atoms with Crippen molar-refractivity contribution in [3.8, 4) is 0 Å². The summed E-state index contributed by atoms with van der Waals surface area (Å²) in [4.78, 5) is 41.7. The van der Waals surface area contributed by atoms with Gasteiger partial charge >= 0.3 is 5.97 Å². The monoisotopic (exact) mass is 542 g/mol. The van der Waals surface area contributed by atoms with Crippen LogP contribution in [-0.4, -0.2) is 69.6 Å². The highest BCUT2D eigenvalue weighted by molar-refractivity contribution is 9.09. The van der Waals surface area contributed by atoms with Gasteiger partial charge in [0.2, 0.25) is 11.8 Å². The van der Waals surface area contributed by atoms with E-state index in [2.05, 4.69) is 21.2 Å². The fourth-order valence-corrected chi connectivity index (χ4v) is 6.74. The molecule has 3 aliphatic heterocycles. The lowest BCUT2D eigenvalue weighted by atomic mass is 9.70. The number of para-hydroxylation sites is 1. The number of hydrogen-bond acceptors (Lipinski definition) is 6. The Labute approximate surface area is 206 Å². The third-order valence-corrected chi connectivity index (χ3v) is 8.15. The van der Waals surface area contributed by atoms with Crippen LogP contribution in [0.5, 0.6) is 0 Å². The molecule has 1 spiro atoms. The summed E-state index contributed by atoms with van der Waals surface area (Å²) in [6.07, 6.45) is -0.209. The van der Waals surface area contributed by atoms with Crippen LogP contribution in [0.15, 0.2) is 24.3 Å². The topological polar surface area (TPSA) is 105 Å². The number of aliphatic hydroxyl groups is 1. The van der Waals surface area contributed by atoms with E-state index < -0.39 is 47.5 Å². The van der Waals surface area contributed by atoms with Crippen LogP contribution < -0.4 is 5.32 Å². The molecule has 180 valence electrons. The number of alkyl halides is 1. The molecule has 10 heteroatoms. The van der Waals surface area contributed by atoms with Crippen molar-refractivity contribution >= 4 is 51.0 Å². The number of carbonyl (C=O) groups is 3. The van der Waals surface area contributed by atoms with E-state index in [1.807, 2.05) is 13.8 Å². The molecule has 3 aliphatic rings. The van der Waals surface area contributed by atoms with E-state index in [0.29, 0.717) is 17.1 Å². The quantitative estimate of drug-likeness (QED) is 0.405. The summed E-state index contributed by atoms with van der Waals surface area (Å²) in [7, 11) is 0. The molecule has 2 amide bonds. The van der Waals surface area contributed by atoms with Gasteiger partial charge < -0.3 is 24.8 Å². The number of fused-ring (bicyclic) bond motifs is 1. The van der Waals surface area contributed by atoms with Gasteiger partial charge in [-0.2, -0.15) is 0 Å². The Morgan fingerprint density at radius 1 is 1.39 bits per heavy atom. The first-order chi connectivity index (χ1) is 15.7. The molecule has 3 heterocycles. The number of likely N-dealkylation sites (tertiary alicyclic amines) is 1. The van der Waals surface area contributed by atoms with E-state index in [4.69, 9.17) is 21.1 Å². The van der Waals surface area contributed by atoms with Crippen molar-refractivity contribution in [1.29, 1.82) is 0 Å². The van der Waals surface area contributed by atoms with Gasteiger partial charge in [-0.25, -0.2) is 0 Å². The summed E-state index contributed by atoms with van der Waals surface area (Å²) in [6, 6.07) is 5.15. The minimum atomic E-state index is -1.22. The molecule has 0 aromatic heterocycles. The van der Waals surface area contributed by atoms with Crippen LogP contribution >= 0.6 is 27.5 Å². The summed E-state index contributed by atoms with van der Waals surface area (Å²) in [5.74, 6) is -3.19. The first-order valence-corrected chi connectivity index (χ1v) is 12.4. The minimum absolute atomic E-state index is 0.136. The predicted molar refractivity (Wildman–Crippen MR) is 125 cm³/mol. The second-order valence-corrected chi connectivity index (χ2v) is 10.7. The van der Waals surface area contributed by atoms with Gasteiger partial charge in [0.1, 0.15) is 11.6 Å². The van der Waals surface area contributed by atoms with Crippen molar-refractivity contribution in [2.75, 3.05) is 18.5 Å². The van der Waals surface area contributed by atoms with Gasteiger partial charge in [-0.05, 0) is 31.4 Å². The highest BCUT2D eigenvalue weighted by atomic mass is 79.9. The standard InChI is InChI=1S/C23H28BrClN2O6/c1-4-32-22(31)16-17-21(30)27(15(10-28)11(2)3)19(23(17)9-12(24)18(16)33-23)20(29)26-14-8-6-5-7-13(14)25/h5-8,11-12,15-19,28H,4,9-10H2,1-3H3,(H,26,29)/t12?,15-,16+,17-,18+,19?,23?/m0/s1. The van der Waals surface area contributed by atoms with E-state index in [-0.39, 0.29) is 29.9 Å². The SMILES string of the molecule is CCOC(=O)[C@H]1[C@@H]2OC3(CC2Br)C(C(=O)Nc2ccccc2Cl)N([C@@H](CO)C(C)C)C(=O)[C@H]13. The van der Waals surface area contributed by atoms with Crippen molar-refractivity contribution < 1.29 is 29.0 Å². The van der Waals surface area contributed by atoms with Gasteiger partial charge in [-0.3, -0.25) is 14.4 Å². The molecular formula is C23H28BrClN2O6. The molecule has 3 saturated heterocycles. The minimum Gasteiger partial charge on any atom is -0.466 e. The van der Waals surface area contributed by atoms with Crippen molar-refractivity contribution in [2.24, 2.45) is 17.8 Å². The number of anilines is 1. The number of ether oxygens (including phenoxy) is 2. The van der Waals surface area contributed by atoms with E-state index in [1.54, 1.807) is 31.2 Å². The van der Waals surface area contributed by atoms with Gasteiger partial charge in [0.05, 0.1) is 47.9 Å². The number of nitrogens with one attached hydrogen (secondary N) is 1. The maximum atomic E-state index is 13.8. The third-order valence-electron chi connectivity index (χ3n) is 6.98. The molecule has 3 fully saturated rings. The van der Waals surface area contributed by atoms with E-state index in [1.165, 1.54) is 4.90 Å². The molecule has 2 N–H and O–H groups in total. The zero-order valence-corrected chi connectivity index (χ0v) is 21.0. The maximum Gasteiger partial charge on any atom is 0.312 e. The second-order valence-electron chi connectivity index (χ2n) is 9.12. The third kappa shape index (κ3) is 3.77. The Morgan fingerprint density at radius 3 is 2.70 bits per heavy atom. The first kappa shape index (κ1) is 24.4. The number of rotatable bonds is 7. The van der Waals surface area contributed by atoms with Gasteiger partial charge in [0.25, 0.3) is 0 Å². The Kier molecular flexibility index (Phi) is 6.79. The number of benzene rings is 1. The summed E-state index contributed by atoms with van der Waals surface area (Å²) in [5, 5.41) is 13.4. The average Bonchev–Trinajstić information content (AvgIpc) is 3.34. The largest absolute Gasteiger partial charge is 0.466 e. The molecule has 0 radical (unpaired) electrons. The lowest BCUT2D eigenvalue weighted by molar-refractivity contribution is -0.155. The van der Waals surface area contributed by atoms with Crippen molar-refractivity contribution in [2.45, 2.75) is 55.8 Å². The number of carbonyl (C=O) groups excluding carboxylic acids is 3. The molecule has 8 nitrogen and oxygen atoms in total. The Balaban J connectivity index is 1.79. The fourth-order valence-electron chi connectivity index (χ4n) is 5.62. The number of hydrogen-bond donors (Lipinski definition) is 2. The molecule has 7 atom stereocenters. The zero-order valence-electron chi connectivity index (χ0n) is 18.7. The Morgan fingerprint density at radius 2 is 2.09 bits per heavy atom. The average molecular weight is 544 g/mol. The molecule has 1 aromatic rings. The second kappa shape index (κ2) is 9.17. The summed E-state index contributed by atoms with van der Waals surface area (Å²) in [5.41, 5.74) is -0.813. The van der Waals surface area contributed by atoms with E-state index in [0.717, 1.165) is 0 Å². The van der Waals surface area contributed by atoms with Crippen LogP contribution in [0, 0.1) is 17.8 Å². The number of amides is 2. The van der Waals surface area contributed by atoms with Gasteiger partial charge in [0.15, 0.2) is 0 Å². The number of nitrogens with zero attached hydrogens (tertiary/aromatic N) is 1. The lowest BCUT2D eigenvalue weighted by Gasteiger charge is -2.38. The summed E-state index contributed by atoms with van der Waals surface area (Å²) in [6.45, 7) is 5.30. The zero-order chi connectivity index (χ0) is 24.1. The van der Waals surface area contributed by atoms with Crippen LogP contribution in [0.3, 0.4) is 0 Å². The van der Waals surface area contributed by atoms with Gasteiger partial charge in [-0.15, -0.1) is 0 Å². The lowest BCUT2D eigenvalue weighted by Crippen LogP contribution is -2.57. The number of aliphatic hydroxyl groups excluding tert-OH is 1. The Hall–Kier alpha value is -1.68. The van der Waals surface area contributed by atoms with Crippen LogP contribution in [0.25, 0.3) is 0 Å². The van der Waals surface area contributed by atoms with Crippen LogP contribution in [0.1, 0.15) is 27.2 Å². The first-order valence-electron chi connectivity index (χ1n) is 11.1.